The summed E-state index contributed by atoms with van der Waals surface area (Å²) in [5.74, 6) is 0.329. The number of para-hydroxylation sites is 3. The molecule has 4 aromatic rings. The van der Waals surface area contributed by atoms with Crippen molar-refractivity contribution in [3.63, 3.8) is 0 Å². The van der Waals surface area contributed by atoms with Crippen molar-refractivity contribution in [2.24, 2.45) is 5.92 Å². The average Bonchev–Trinajstić information content (AvgIpc) is 3.70. The smallest absolute Gasteiger partial charge is 0.231 e. The van der Waals surface area contributed by atoms with E-state index < -0.39 is 6.04 Å². The van der Waals surface area contributed by atoms with E-state index in [1.54, 1.807) is 0 Å². The van der Waals surface area contributed by atoms with Gasteiger partial charge in [-0.15, -0.1) is 0 Å². The lowest BCUT2D eigenvalue weighted by atomic mass is 9.78. The zero-order valence-corrected chi connectivity index (χ0v) is 19.9. The monoisotopic (exact) mass is 473 g/mol. The minimum absolute atomic E-state index is 0.0173. The Kier molecular flexibility index (Phi) is 4.84. The molecule has 0 radical (unpaired) electrons. The average molecular weight is 474 g/mol. The van der Waals surface area contributed by atoms with Crippen molar-refractivity contribution >= 4 is 34.0 Å². The summed E-state index contributed by atoms with van der Waals surface area (Å²) in [6, 6.07) is 25.9. The molecule has 2 heterocycles. The molecule has 2 N–H and O–H groups in total. The van der Waals surface area contributed by atoms with Gasteiger partial charge >= 0.3 is 0 Å². The van der Waals surface area contributed by atoms with Crippen LogP contribution >= 0.6 is 0 Å². The third kappa shape index (κ3) is 3.38. The van der Waals surface area contributed by atoms with Gasteiger partial charge in [0.25, 0.3) is 0 Å². The van der Waals surface area contributed by atoms with Gasteiger partial charge in [-0.05, 0) is 48.9 Å². The van der Waals surface area contributed by atoms with E-state index in [1.165, 1.54) is 5.56 Å². The minimum Gasteiger partial charge on any atom is -0.361 e. The van der Waals surface area contributed by atoms with Gasteiger partial charge in [0.05, 0.1) is 17.4 Å². The zero-order valence-electron chi connectivity index (χ0n) is 19.9. The normalized spacial score (nSPS) is 21.6. The number of hydrogen-bond donors (Lipinski definition) is 2. The molecule has 0 bridgehead atoms. The minimum atomic E-state index is -0.482. The summed E-state index contributed by atoms with van der Waals surface area (Å²) in [6.07, 6.45) is 4.95. The molecule has 5 heteroatoms. The maximum Gasteiger partial charge on any atom is 0.231 e. The van der Waals surface area contributed by atoms with Crippen molar-refractivity contribution in [2.75, 3.05) is 10.2 Å². The number of nitrogens with one attached hydrogen (secondary N) is 2. The molecule has 178 valence electrons. The van der Waals surface area contributed by atoms with E-state index in [0.29, 0.717) is 6.42 Å². The van der Waals surface area contributed by atoms with Gasteiger partial charge in [-0.3, -0.25) is 14.5 Å². The fraction of sp³-hybridized carbons (Fsp3) is 0.226. The Morgan fingerprint density at radius 2 is 1.61 bits per heavy atom. The van der Waals surface area contributed by atoms with Crippen LogP contribution in [-0.2, 0) is 9.59 Å². The number of allylic oxidation sites excluding steroid dienone is 1. The molecule has 2 atom stereocenters. The number of fused-ring (bicyclic) bond motifs is 2. The van der Waals surface area contributed by atoms with Gasteiger partial charge < -0.3 is 10.3 Å². The molecule has 0 spiro atoms. The second-order valence-corrected chi connectivity index (χ2v) is 10.1. The van der Waals surface area contributed by atoms with E-state index in [1.807, 2.05) is 71.8 Å². The number of aromatic amines is 1. The third-order valence-corrected chi connectivity index (χ3v) is 7.84. The first kappa shape index (κ1) is 21.2. The SMILES string of the molecule is O=C1C[C@H](c2ccccc2)CC2=C1[C@H](c1c[nH]c3ccccc13)N(C(=O)C1CC1)c1ccccc1N2. The summed E-state index contributed by atoms with van der Waals surface area (Å²) in [4.78, 5) is 33.3. The Labute approximate surface area is 209 Å². The van der Waals surface area contributed by atoms with Crippen LogP contribution in [0.5, 0.6) is 0 Å². The van der Waals surface area contributed by atoms with E-state index in [0.717, 1.165) is 58.4 Å². The van der Waals surface area contributed by atoms with Crippen LogP contribution in [0.3, 0.4) is 0 Å². The number of ketones is 1. The molecule has 7 rings (SSSR count). The summed E-state index contributed by atoms with van der Waals surface area (Å²) in [5, 5.41) is 4.67. The van der Waals surface area contributed by atoms with Gasteiger partial charge in [-0.1, -0.05) is 60.7 Å². The number of Topliss-reactive ketones (excluding diaryl/α,β-unsaturated/α-hetero) is 1. The van der Waals surface area contributed by atoms with Gasteiger partial charge in [-0.25, -0.2) is 0 Å². The van der Waals surface area contributed by atoms with E-state index >= 15 is 0 Å². The van der Waals surface area contributed by atoms with Crippen LogP contribution < -0.4 is 10.2 Å². The highest BCUT2D eigenvalue weighted by Crippen LogP contribution is 2.50. The first-order valence-electron chi connectivity index (χ1n) is 12.8. The Bertz CT molecular complexity index is 1530. The van der Waals surface area contributed by atoms with Crippen LogP contribution in [0.2, 0.25) is 0 Å². The van der Waals surface area contributed by atoms with Crippen molar-refractivity contribution in [1.82, 2.24) is 4.98 Å². The lowest BCUT2D eigenvalue weighted by Gasteiger charge is -2.35. The number of rotatable bonds is 3. The molecule has 3 aliphatic rings. The first-order chi connectivity index (χ1) is 17.7. The molecule has 0 unspecified atom stereocenters. The lowest BCUT2D eigenvalue weighted by Crippen LogP contribution is -2.39. The summed E-state index contributed by atoms with van der Waals surface area (Å²) < 4.78 is 0. The van der Waals surface area contributed by atoms with E-state index in [9.17, 15) is 9.59 Å². The fourth-order valence-electron chi connectivity index (χ4n) is 5.94. The molecule has 1 aromatic heterocycles. The summed E-state index contributed by atoms with van der Waals surface area (Å²) in [5.41, 5.74) is 6.50. The number of amides is 1. The molecule has 1 fully saturated rings. The predicted molar refractivity (Wildman–Crippen MR) is 142 cm³/mol. The topological polar surface area (TPSA) is 65.2 Å². The Morgan fingerprint density at radius 1 is 0.861 bits per heavy atom. The van der Waals surface area contributed by atoms with Crippen molar-refractivity contribution in [2.45, 2.75) is 37.6 Å². The maximum atomic E-state index is 14.1. The maximum absolute atomic E-state index is 14.1. The summed E-state index contributed by atoms with van der Waals surface area (Å²) >= 11 is 0. The Morgan fingerprint density at radius 3 is 2.44 bits per heavy atom. The number of anilines is 2. The van der Waals surface area contributed by atoms with Gasteiger partial charge in [-0.2, -0.15) is 0 Å². The number of aromatic nitrogens is 1. The van der Waals surface area contributed by atoms with Crippen LogP contribution in [0.4, 0.5) is 11.4 Å². The van der Waals surface area contributed by atoms with E-state index in [2.05, 4.69) is 28.5 Å². The van der Waals surface area contributed by atoms with Crippen LogP contribution in [0.25, 0.3) is 10.9 Å². The molecule has 2 aliphatic carbocycles. The zero-order chi connectivity index (χ0) is 24.2. The first-order valence-corrected chi connectivity index (χ1v) is 12.8. The summed E-state index contributed by atoms with van der Waals surface area (Å²) in [6.45, 7) is 0. The molecule has 5 nitrogen and oxygen atoms in total. The van der Waals surface area contributed by atoms with Gasteiger partial charge in [0, 0.05) is 46.3 Å². The number of H-pyrrole nitrogens is 1. The highest BCUT2D eigenvalue weighted by molar-refractivity contribution is 6.08. The van der Waals surface area contributed by atoms with Gasteiger partial charge in [0.1, 0.15) is 0 Å². The standard InChI is InChI=1S/C31H27N3O2/c35-28-17-21(19-8-2-1-3-9-19)16-26-29(28)30(23-18-32-24-11-5-4-10-22(23)24)34(31(36)20-14-15-20)27-13-7-6-12-25(27)33-26/h1-13,18,20-21,30,32-33H,14-17H2/t21-,30+/m1/s1. The van der Waals surface area contributed by atoms with E-state index in [-0.39, 0.29) is 23.5 Å². The lowest BCUT2D eigenvalue weighted by molar-refractivity contribution is -0.120. The molecule has 1 amide bonds. The Hall–Kier alpha value is -4.12. The Balaban J connectivity index is 1.46. The number of carbonyl (C=O) groups is 2. The second-order valence-electron chi connectivity index (χ2n) is 10.1. The van der Waals surface area contributed by atoms with Crippen molar-refractivity contribution in [3.8, 4) is 0 Å². The van der Waals surface area contributed by atoms with Crippen LogP contribution in [0.1, 0.15) is 48.8 Å². The molecular weight excluding hydrogens is 446 g/mol. The molecule has 1 aliphatic heterocycles. The molecule has 1 saturated carbocycles. The van der Waals surface area contributed by atoms with Crippen molar-refractivity contribution < 1.29 is 9.59 Å². The molecule has 36 heavy (non-hydrogen) atoms. The predicted octanol–water partition coefficient (Wildman–Crippen LogP) is 6.48. The van der Waals surface area contributed by atoms with Crippen molar-refractivity contribution in [3.05, 3.63) is 107 Å². The van der Waals surface area contributed by atoms with Gasteiger partial charge in [0.2, 0.25) is 5.91 Å². The molecule has 3 aromatic carbocycles. The highest BCUT2D eigenvalue weighted by Gasteiger charge is 2.45. The fourth-order valence-corrected chi connectivity index (χ4v) is 5.94. The van der Waals surface area contributed by atoms with E-state index in [4.69, 9.17) is 0 Å². The van der Waals surface area contributed by atoms with Crippen LogP contribution in [0.15, 0.2) is 96.3 Å². The molecule has 0 saturated heterocycles. The van der Waals surface area contributed by atoms with Crippen LogP contribution in [0, 0.1) is 5.92 Å². The largest absolute Gasteiger partial charge is 0.361 e. The highest BCUT2D eigenvalue weighted by atomic mass is 16.2. The van der Waals surface area contributed by atoms with Gasteiger partial charge in [0.15, 0.2) is 5.78 Å². The molecular formula is C31H27N3O2. The second kappa shape index (κ2) is 8.23. The number of benzene rings is 3. The van der Waals surface area contributed by atoms with Crippen LogP contribution in [-0.4, -0.2) is 16.7 Å². The summed E-state index contributed by atoms with van der Waals surface area (Å²) in [7, 11) is 0. The number of nitrogens with zero attached hydrogens (tertiary/aromatic N) is 1. The third-order valence-electron chi connectivity index (χ3n) is 7.84. The number of hydrogen-bond acceptors (Lipinski definition) is 3. The quantitative estimate of drug-likeness (QED) is 0.358. The number of carbonyl (C=O) groups excluding carboxylic acids is 2. The van der Waals surface area contributed by atoms with Crippen molar-refractivity contribution in [1.29, 1.82) is 0 Å².